The van der Waals surface area contributed by atoms with Crippen molar-refractivity contribution in [2.45, 2.75) is 16.7 Å². The average molecular weight is 304 g/mol. The predicted octanol–water partition coefficient (Wildman–Crippen LogP) is 3.95. The minimum atomic E-state index is -0.400. The van der Waals surface area contributed by atoms with Crippen LogP contribution in [0.25, 0.3) is 0 Å². The van der Waals surface area contributed by atoms with Crippen LogP contribution >= 0.6 is 11.8 Å². The summed E-state index contributed by atoms with van der Waals surface area (Å²) >= 11 is 1.29. The van der Waals surface area contributed by atoms with Gasteiger partial charge < -0.3 is 9.47 Å². The number of halogens is 1. The zero-order chi connectivity index (χ0) is 14.8. The zero-order valence-corrected chi connectivity index (χ0v) is 12.2. The molecule has 0 amide bonds. The monoisotopic (exact) mass is 304 g/mol. The summed E-state index contributed by atoms with van der Waals surface area (Å²) in [5.41, 5.74) is 0.374. The van der Waals surface area contributed by atoms with E-state index in [4.69, 9.17) is 9.47 Å². The second-order valence-corrected chi connectivity index (χ2v) is 5.72. The molecule has 0 aliphatic carbocycles. The molecule has 0 fully saturated rings. The van der Waals surface area contributed by atoms with Crippen LogP contribution < -0.4 is 9.47 Å². The van der Waals surface area contributed by atoms with Crippen molar-refractivity contribution in [3.8, 4) is 11.5 Å². The van der Waals surface area contributed by atoms with Gasteiger partial charge in [-0.3, -0.25) is 4.79 Å². The van der Waals surface area contributed by atoms with Crippen LogP contribution in [0.2, 0.25) is 0 Å². The third-order valence-corrected chi connectivity index (χ3v) is 4.12. The fraction of sp³-hybridized carbons (Fsp3) is 0.188. The van der Waals surface area contributed by atoms with E-state index >= 15 is 0 Å². The van der Waals surface area contributed by atoms with Crippen molar-refractivity contribution in [3.63, 3.8) is 0 Å². The van der Waals surface area contributed by atoms with Gasteiger partial charge in [0.1, 0.15) is 19.0 Å². The van der Waals surface area contributed by atoms with E-state index in [9.17, 15) is 9.18 Å². The number of hydrogen-bond donors (Lipinski definition) is 0. The highest BCUT2D eigenvalue weighted by Gasteiger charge is 2.13. The van der Waals surface area contributed by atoms with Crippen molar-refractivity contribution in [2.24, 2.45) is 0 Å². The van der Waals surface area contributed by atoms with Crippen molar-refractivity contribution < 1.29 is 18.7 Å². The molecular formula is C16H13FO3S. The molecule has 0 N–H and O–H groups in total. The summed E-state index contributed by atoms with van der Waals surface area (Å²) in [5, 5.41) is 0. The van der Waals surface area contributed by atoms with Crippen LogP contribution in [0, 0.1) is 5.82 Å². The molecule has 0 bridgehead atoms. The van der Waals surface area contributed by atoms with E-state index in [1.165, 1.54) is 24.8 Å². The Labute approximate surface area is 126 Å². The van der Waals surface area contributed by atoms with Crippen LogP contribution in [0.3, 0.4) is 0 Å². The van der Waals surface area contributed by atoms with Gasteiger partial charge >= 0.3 is 0 Å². The van der Waals surface area contributed by atoms with Gasteiger partial charge in [0, 0.05) is 15.4 Å². The lowest BCUT2D eigenvalue weighted by atomic mass is 10.1. The van der Waals surface area contributed by atoms with Gasteiger partial charge in [-0.2, -0.15) is 0 Å². The molecule has 0 radical (unpaired) electrons. The van der Waals surface area contributed by atoms with Crippen LogP contribution in [0.15, 0.2) is 46.2 Å². The predicted molar refractivity (Wildman–Crippen MR) is 78.0 cm³/mol. The van der Waals surface area contributed by atoms with Gasteiger partial charge in [-0.25, -0.2) is 4.39 Å². The van der Waals surface area contributed by atoms with Crippen LogP contribution in [-0.4, -0.2) is 19.0 Å². The highest BCUT2D eigenvalue weighted by Crippen LogP contribution is 2.37. The van der Waals surface area contributed by atoms with Crippen molar-refractivity contribution in [1.29, 1.82) is 0 Å². The van der Waals surface area contributed by atoms with Crippen LogP contribution in [0.1, 0.15) is 17.3 Å². The topological polar surface area (TPSA) is 35.5 Å². The molecule has 1 heterocycles. The Morgan fingerprint density at radius 3 is 2.57 bits per heavy atom. The molecule has 0 unspecified atom stereocenters. The molecule has 0 atom stereocenters. The van der Waals surface area contributed by atoms with E-state index in [1.807, 2.05) is 18.2 Å². The Hall–Kier alpha value is -2.01. The number of carbonyl (C=O) groups is 1. The first-order chi connectivity index (χ1) is 10.1. The summed E-state index contributed by atoms with van der Waals surface area (Å²) < 4.78 is 25.0. The van der Waals surface area contributed by atoms with Gasteiger partial charge in [0.25, 0.3) is 0 Å². The van der Waals surface area contributed by atoms with Crippen molar-refractivity contribution in [2.75, 3.05) is 13.2 Å². The minimum Gasteiger partial charge on any atom is -0.486 e. The molecule has 0 saturated carbocycles. The van der Waals surface area contributed by atoms with Crippen molar-refractivity contribution >= 4 is 17.5 Å². The average Bonchev–Trinajstić information content (AvgIpc) is 2.49. The molecule has 0 spiro atoms. The summed E-state index contributed by atoms with van der Waals surface area (Å²) in [6.07, 6.45) is 0. The van der Waals surface area contributed by atoms with Crippen LogP contribution in [0.5, 0.6) is 11.5 Å². The fourth-order valence-corrected chi connectivity index (χ4v) is 2.87. The number of ketones is 1. The number of fused-ring (bicyclic) bond motifs is 1. The Morgan fingerprint density at radius 2 is 1.86 bits per heavy atom. The first-order valence-corrected chi connectivity index (χ1v) is 7.33. The van der Waals surface area contributed by atoms with Gasteiger partial charge in [0.05, 0.1) is 0 Å². The normalized spacial score (nSPS) is 13.0. The molecule has 3 rings (SSSR count). The van der Waals surface area contributed by atoms with Gasteiger partial charge in [0.2, 0.25) is 0 Å². The summed E-state index contributed by atoms with van der Waals surface area (Å²) in [5.74, 6) is 0.831. The maximum atomic E-state index is 14.0. The maximum Gasteiger partial charge on any atom is 0.162 e. The zero-order valence-electron chi connectivity index (χ0n) is 11.4. The molecular weight excluding hydrogens is 291 g/mol. The van der Waals surface area contributed by atoms with Crippen molar-refractivity contribution in [3.05, 3.63) is 47.8 Å². The minimum absolute atomic E-state index is 0.148. The lowest BCUT2D eigenvalue weighted by Crippen LogP contribution is -2.15. The molecule has 1 aliphatic heterocycles. The molecule has 0 saturated heterocycles. The highest BCUT2D eigenvalue weighted by molar-refractivity contribution is 7.99. The number of ether oxygens (including phenoxy) is 2. The molecule has 21 heavy (non-hydrogen) atoms. The van der Waals surface area contributed by atoms with Crippen LogP contribution in [-0.2, 0) is 0 Å². The molecule has 2 aromatic carbocycles. The Balaban J connectivity index is 1.85. The van der Waals surface area contributed by atoms with E-state index in [0.29, 0.717) is 35.2 Å². The summed E-state index contributed by atoms with van der Waals surface area (Å²) in [6, 6.07) is 10.0. The van der Waals surface area contributed by atoms with Gasteiger partial charge in [-0.15, -0.1) is 0 Å². The van der Waals surface area contributed by atoms with E-state index in [2.05, 4.69) is 0 Å². The lowest BCUT2D eigenvalue weighted by molar-refractivity contribution is 0.101. The number of Topliss-reactive ketones (excluding diaryl/α,β-unsaturated/α-hetero) is 1. The van der Waals surface area contributed by atoms with E-state index < -0.39 is 5.82 Å². The second kappa shape index (κ2) is 5.77. The Kier molecular flexibility index (Phi) is 3.84. The second-order valence-electron chi connectivity index (χ2n) is 4.61. The Morgan fingerprint density at radius 1 is 1.10 bits per heavy atom. The highest BCUT2D eigenvalue weighted by atomic mass is 32.2. The maximum absolute atomic E-state index is 14.0. The quantitative estimate of drug-likeness (QED) is 0.804. The largest absolute Gasteiger partial charge is 0.486 e. The SMILES string of the molecule is CC(=O)c1ccc(Sc2ccc3c(c2)OCCO3)c(F)c1. The lowest BCUT2D eigenvalue weighted by Gasteiger charge is -2.18. The summed E-state index contributed by atoms with van der Waals surface area (Å²) in [4.78, 5) is 12.5. The standard InChI is InChI=1S/C16H13FO3S/c1-10(18)11-2-5-16(13(17)8-11)21-12-3-4-14-15(9-12)20-7-6-19-14/h2-5,8-9H,6-7H2,1H3. The van der Waals surface area contributed by atoms with Gasteiger partial charge in [-0.05, 0) is 37.3 Å². The number of benzene rings is 2. The van der Waals surface area contributed by atoms with E-state index in [0.717, 1.165) is 4.90 Å². The van der Waals surface area contributed by atoms with Crippen molar-refractivity contribution in [1.82, 2.24) is 0 Å². The van der Waals surface area contributed by atoms with Gasteiger partial charge in [-0.1, -0.05) is 17.8 Å². The third-order valence-electron chi connectivity index (χ3n) is 3.08. The molecule has 3 nitrogen and oxygen atoms in total. The number of hydrogen-bond acceptors (Lipinski definition) is 4. The van der Waals surface area contributed by atoms with E-state index in [1.54, 1.807) is 12.1 Å². The summed E-state index contributed by atoms with van der Waals surface area (Å²) in [7, 11) is 0. The van der Waals surface area contributed by atoms with Crippen LogP contribution in [0.4, 0.5) is 4.39 Å². The summed E-state index contributed by atoms with van der Waals surface area (Å²) in [6.45, 7) is 2.48. The molecule has 0 aromatic heterocycles. The molecule has 108 valence electrons. The fourth-order valence-electron chi connectivity index (χ4n) is 2.02. The molecule has 5 heteroatoms. The third kappa shape index (κ3) is 3.03. The molecule has 2 aromatic rings. The van der Waals surface area contributed by atoms with Gasteiger partial charge in [0.15, 0.2) is 17.3 Å². The molecule has 1 aliphatic rings. The Bertz CT molecular complexity index is 700. The first-order valence-electron chi connectivity index (χ1n) is 6.51. The number of rotatable bonds is 3. The van der Waals surface area contributed by atoms with E-state index in [-0.39, 0.29) is 5.78 Å². The first kappa shape index (κ1) is 13.9. The number of carbonyl (C=O) groups excluding carboxylic acids is 1. The smallest absolute Gasteiger partial charge is 0.162 e.